The van der Waals surface area contributed by atoms with Crippen LogP contribution >= 0.6 is 0 Å². The van der Waals surface area contributed by atoms with E-state index in [1.54, 1.807) is 10.7 Å². The van der Waals surface area contributed by atoms with Crippen LogP contribution in [-0.4, -0.2) is 14.8 Å². The number of hydrogen-bond donors (Lipinski definition) is 1. The summed E-state index contributed by atoms with van der Waals surface area (Å²) in [5, 5.41) is 7.73. The summed E-state index contributed by atoms with van der Waals surface area (Å²) in [6, 6.07) is 15.4. The number of halogens is 1. The van der Waals surface area contributed by atoms with E-state index in [4.69, 9.17) is 0 Å². The van der Waals surface area contributed by atoms with Crippen LogP contribution in [0, 0.1) is 5.82 Å². The van der Waals surface area contributed by atoms with Crippen molar-refractivity contribution >= 4 is 5.95 Å². The lowest BCUT2D eigenvalue weighted by atomic mass is 9.92. The van der Waals surface area contributed by atoms with E-state index in [0.29, 0.717) is 17.4 Å². The molecule has 1 N–H and O–H groups in total. The molecular weight excluding hydrogens is 315 g/mol. The van der Waals surface area contributed by atoms with E-state index in [1.165, 1.54) is 23.5 Å². The van der Waals surface area contributed by atoms with Gasteiger partial charge in [0.1, 0.15) is 12.1 Å². The first kappa shape index (κ1) is 15.8. The fraction of sp³-hybridized carbons (Fsp3) is 0.300. The van der Waals surface area contributed by atoms with Crippen LogP contribution in [0.1, 0.15) is 55.0 Å². The summed E-state index contributed by atoms with van der Waals surface area (Å²) in [6.45, 7) is 4.37. The van der Waals surface area contributed by atoms with E-state index in [2.05, 4.69) is 53.5 Å². The molecule has 2 heterocycles. The van der Waals surface area contributed by atoms with E-state index in [-0.39, 0.29) is 17.9 Å². The van der Waals surface area contributed by atoms with Crippen molar-refractivity contribution in [2.45, 2.75) is 38.3 Å². The molecule has 0 spiro atoms. The standard InChI is InChI=1S/C20H21FN4/c1-13(2)14-7-9-15(10-8-14)18-11-19(16-5-3-4-6-17(16)21)25-20(24-18)22-12-23-25/h3-10,12-13,18-19H,11H2,1-2H3,(H,22,23,24)/t18-,19-/m0/s1. The zero-order valence-corrected chi connectivity index (χ0v) is 14.4. The second-order valence-corrected chi connectivity index (χ2v) is 6.82. The fourth-order valence-electron chi connectivity index (χ4n) is 3.46. The first-order valence-electron chi connectivity index (χ1n) is 8.64. The van der Waals surface area contributed by atoms with Crippen LogP contribution in [0.25, 0.3) is 0 Å². The maximum absolute atomic E-state index is 14.4. The molecule has 0 saturated carbocycles. The molecule has 0 aliphatic carbocycles. The molecule has 2 aromatic carbocycles. The van der Waals surface area contributed by atoms with Gasteiger partial charge in [-0.1, -0.05) is 56.3 Å². The highest BCUT2D eigenvalue weighted by Crippen LogP contribution is 2.38. The molecule has 0 unspecified atom stereocenters. The Balaban J connectivity index is 1.70. The monoisotopic (exact) mass is 336 g/mol. The van der Waals surface area contributed by atoms with Crippen molar-refractivity contribution in [1.29, 1.82) is 0 Å². The maximum atomic E-state index is 14.4. The Morgan fingerprint density at radius 2 is 1.88 bits per heavy atom. The highest BCUT2D eigenvalue weighted by Gasteiger charge is 2.31. The number of rotatable bonds is 3. The van der Waals surface area contributed by atoms with Gasteiger partial charge in [-0.2, -0.15) is 10.1 Å². The number of anilines is 1. The third-order valence-electron chi connectivity index (χ3n) is 4.90. The second kappa shape index (κ2) is 6.31. The molecular formula is C20H21FN4. The number of fused-ring (bicyclic) bond motifs is 1. The summed E-state index contributed by atoms with van der Waals surface area (Å²) < 4.78 is 16.1. The van der Waals surface area contributed by atoms with Gasteiger partial charge in [-0.15, -0.1) is 0 Å². The Morgan fingerprint density at radius 3 is 2.60 bits per heavy atom. The highest BCUT2D eigenvalue weighted by molar-refractivity contribution is 5.39. The van der Waals surface area contributed by atoms with Gasteiger partial charge in [-0.25, -0.2) is 9.07 Å². The zero-order valence-electron chi connectivity index (χ0n) is 14.4. The number of benzene rings is 2. The third-order valence-corrected chi connectivity index (χ3v) is 4.90. The van der Waals surface area contributed by atoms with Crippen molar-refractivity contribution < 1.29 is 4.39 Å². The highest BCUT2D eigenvalue weighted by atomic mass is 19.1. The van der Waals surface area contributed by atoms with Gasteiger partial charge in [0.05, 0.1) is 12.1 Å². The number of nitrogens with zero attached hydrogens (tertiary/aromatic N) is 3. The number of aromatic nitrogens is 3. The third kappa shape index (κ3) is 2.90. The fourth-order valence-corrected chi connectivity index (χ4v) is 3.46. The molecule has 0 fully saturated rings. The van der Waals surface area contributed by atoms with E-state index in [0.717, 1.165) is 6.42 Å². The number of nitrogens with one attached hydrogen (secondary N) is 1. The molecule has 1 aliphatic heterocycles. The van der Waals surface area contributed by atoms with Crippen molar-refractivity contribution in [3.63, 3.8) is 0 Å². The van der Waals surface area contributed by atoms with Gasteiger partial charge in [0, 0.05) is 5.56 Å². The average molecular weight is 336 g/mol. The van der Waals surface area contributed by atoms with Crippen molar-refractivity contribution in [2.24, 2.45) is 0 Å². The summed E-state index contributed by atoms with van der Waals surface area (Å²) in [5.74, 6) is 0.977. The predicted molar refractivity (Wildman–Crippen MR) is 96.1 cm³/mol. The zero-order chi connectivity index (χ0) is 17.4. The van der Waals surface area contributed by atoms with Gasteiger partial charge >= 0.3 is 0 Å². The average Bonchev–Trinajstić information content (AvgIpc) is 3.10. The normalized spacial score (nSPS) is 19.5. The minimum atomic E-state index is -0.204. The molecule has 2 atom stereocenters. The lowest BCUT2D eigenvalue weighted by Crippen LogP contribution is -2.28. The van der Waals surface area contributed by atoms with Crippen LogP contribution < -0.4 is 5.32 Å². The van der Waals surface area contributed by atoms with Gasteiger partial charge in [-0.3, -0.25) is 0 Å². The van der Waals surface area contributed by atoms with Crippen LogP contribution in [0.3, 0.4) is 0 Å². The van der Waals surface area contributed by atoms with Gasteiger partial charge in [0.2, 0.25) is 5.95 Å². The summed E-state index contributed by atoms with van der Waals surface area (Å²) in [5.41, 5.74) is 3.15. The van der Waals surface area contributed by atoms with Crippen LogP contribution in [0.2, 0.25) is 0 Å². The van der Waals surface area contributed by atoms with Crippen LogP contribution in [0.4, 0.5) is 10.3 Å². The minimum absolute atomic E-state index is 0.0718. The molecule has 4 rings (SSSR count). The van der Waals surface area contributed by atoms with Crippen molar-refractivity contribution in [1.82, 2.24) is 14.8 Å². The van der Waals surface area contributed by atoms with Crippen LogP contribution in [0.5, 0.6) is 0 Å². The first-order valence-corrected chi connectivity index (χ1v) is 8.64. The van der Waals surface area contributed by atoms with Gasteiger partial charge in [0.15, 0.2) is 0 Å². The molecule has 0 bridgehead atoms. The molecule has 0 amide bonds. The van der Waals surface area contributed by atoms with Crippen molar-refractivity contribution in [3.05, 3.63) is 77.4 Å². The van der Waals surface area contributed by atoms with E-state index in [9.17, 15) is 4.39 Å². The Labute approximate surface area is 146 Å². The van der Waals surface area contributed by atoms with Gasteiger partial charge < -0.3 is 5.32 Å². The van der Waals surface area contributed by atoms with Crippen LogP contribution in [0.15, 0.2) is 54.9 Å². The van der Waals surface area contributed by atoms with E-state index >= 15 is 0 Å². The number of hydrogen-bond acceptors (Lipinski definition) is 3. The Bertz CT molecular complexity index is 869. The Morgan fingerprint density at radius 1 is 1.12 bits per heavy atom. The first-order chi connectivity index (χ1) is 12.1. The summed E-state index contributed by atoms with van der Waals surface area (Å²) in [4.78, 5) is 4.30. The molecule has 25 heavy (non-hydrogen) atoms. The van der Waals surface area contributed by atoms with Gasteiger partial charge in [-0.05, 0) is 29.5 Å². The molecule has 1 aliphatic rings. The summed E-state index contributed by atoms with van der Waals surface area (Å²) in [7, 11) is 0. The second-order valence-electron chi connectivity index (χ2n) is 6.82. The molecule has 5 heteroatoms. The lowest BCUT2D eigenvalue weighted by molar-refractivity contribution is 0.415. The Hall–Kier alpha value is -2.69. The summed E-state index contributed by atoms with van der Waals surface area (Å²) in [6.07, 6.45) is 2.23. The van der Waals surface area contributed by atoms with Crippen molar-refractivity contribution in [2.75, 3.05) is 5.32 Å². The largest absolute Gasteiger partial charge is 0.348 e. The maximum Gasteiger partial charge on any atom is 0.222 e. The molecule has 4 nitrogen and oxygen atoms in total. The SMILES string of the molecule is CC(C)c1ccc([C@@H]2C[C@@H](c3ccccc3F)n3ncnc3N2)cc1. The van der Waals surface area contributed by atoms with E-state index in [1.807, 2.05) is 12.1 Å². The predicted octanol–water partition coefficient (Wildman–Crippen LogP) is 4.69. The smallest absolute Gasteiger partial charge is 0.222 e. The summed E-state index contributed by atoms with van der Waals surface area (Å²) >= 11 is 0. The molecule has 3 aromatic rings. The van der Waals surface area contributed by atoms with Crippen LogP contribution in [-0.2, 0) is 0 Å². The Kier molecular flexibility index (Phi) is 3.99. The molecule has 128 valence electrons. The van der Waals surface area contributed by atoms with E-state index < -0.39 is 0 Å². The molecule has 0 radical (unpaired) electrons. The van der Waals surface area contributed by atoms with Gasteiger partial charge in [0.25, 0.3) is 0 Å². The lowest BCUT2D eigenvalue weighted by Gasteiger charge is -2.32. The molecule has 1 aromatic heterocycles. The topological polar surface area (TPSA) is 42.7 Å². The molecule has 0 saturated heterocycles. The quantitative estimate of drug-likeness (QED) is 0.755. The van der Waals surface area contributed by atoms with Crippen molar-refractivity contribution in [3.8, 4) is 0 Å². The minimum Gasteiger partial charge on any atom is -0.348 e.